The number of likely N-dealkylation sites (tertiary alicyclic amines) is 1. The van der Waals surface area contributed by atoms with E-state index < -0.39 is 6.04 Å². The van der Waals surface area contributed by atoms with Crippen LogP contribution in [0.25, 0.3) is 11.0 Å². The Balaban J connectivity index is 1.55. The number of fused-ring (bicyclic) bond motifs is 1. The summed E-state index contributed by atoms with van der Waals surface area (Å²) >= 11 is 0. The summed E-state index contributed by atoms with van der Waals surface area (Å²) in [5, 5.41) is 3.02. The first-order valence-electron chi connectivity index (χ1n) is 10.8. The molecule has 1 aliphatic heterocycles. The molecule has 30 heavy (non-hydrogen) atoms. The van der Waals surface area contributed by atoms with Gasteiger partial charge in [0.1, 0.15) is 11.9 Å². The highest BCUT2D eigenvalue weighted by molar-refractivity contribution is 6.02. The zero-order valence-corrected chi connectivity index (χ0v) is 17.6. The Morgan fingerprint density at radius 3 is 2.63 bits per heavy atom. The second-order valence-electron chi connectivity index (χ2n) is 7.69. The fourth-order valence-electron chi connectivity index (χ4n) is 4.30. The van der Waals surface area contributed by atoms with Crippen molar-refractivity contribution in [2.24, 2.45) is 0 Å². The quantitative estimate of drug-likeness (QED) is 0.691. The molecule has 2 amide bonds. The highest BCUT2D eigenvalue weighted by Crippen LogP contribution is 2.24. The van der Waals surface area contributed by atoms with Crippen molar-refractivity contribution >= 4 is 28.5 Å². The van der Waals surface area contributed by atoms with E-state index in [0.717, 1.165) is 42.7 Å². The maximum atomic E-state index is 13.1. The van der Waals surface area contributed by atoms with E-state index in [0.29, 0.717) is 24.2 Å². The van der Waals surface area contributed by atoms with Crippen molar-refractivity contribution in [3.63, 3.8) is 0 Å². The van der Waals surface area contributed by atoms with Crippen LogP contribution in [0.4, 0.5) is 5.69 Å². The second kappa shape index (κ2) is 8.69. The van der Waals surface area contributed by atoms with Gasteiger partial charge in [0.05, 0.1) is 11.0 Å². The van der Waals surface area contributed by atoms with Crippen LogP contribution in [-0.4, -0.2) is 38.9 Å². The number of piperidine rings is 1. The number of anilines is 1. The molecule has 1 N–H and O–H groups in total. The topological polar surface area (TPSA) is 67.2 Å². The van der Waals surface area contributed by atoms with Gasteiger partial charge in [-0.25, -0.2) is 4.98 Å². The molecule has 4 rings (SSSR count). The van der Waals surface area contributed by atoms with Gasteiger partial charge >= 0.3 is 0 Å². The van der Waals surface area contributed by atoms with Crippen LogP contribution in [0.5, 0.6) is 0 Å². The highest BCUT2D eigenvalue weighted by atomic mass is 16.2. The van der Waals surface area contributed by atoms with Gasteiger partial charge in [0, 0.05) is 30.8 Å². The van der Waals surface area contributed by atoms with E-state index in [9.17, 15) is 9.59 Å². The molecule has 6 heteroatoms. The highest BCUT2D eigenvalue weighted by Gasteiger charge is 2.32. The minimum absolute atomic E-state index is 0.0832. The first kappa shape index (κ1) is 20.1. The summed E-state index contributed by atoms with van der Waals surface area (Å²) in [5.74, 6) is 0.826. The Kier molecular flexibility index (Phi) is 5.84. The Hall–Kier alpha value is -3.15. The maximum absolute atomic E-state index is 13.1. The summed E-state index contributed by atoms with van der Waals surface area (Å²) in [7, 11) is 0. The van der Waals surface area contributed by atoms with Crippen LogP contribution in [0.2, 0.25) is 0 Å². The number of hydrogen-bond acceptors (Lipinski definition) is 3. The van der Waals surface area contributed by atoms with E-state index in [1.54, 1.807) is 17.0 Å². The predicted molar refractivity (Wildman–Crippen MR) is 119 cm³/mol. The smallest absolute Gasteiger partial charge is 0.254 e. The number of hydrogen-bond donors (Lipinski definition) is 1. The van der Waals surface area contributed by atoms with Crippen molar-refractivity contribution in [2.45, 2.75) is 52.1 Å². The average molecular weight is 405 g/mol. The number of rotatable bonds is 5. The van der Waals surface area contributed by atoms with Crippen molar-refractivity contribution < 1.29 is 9.59 Å². The van der Waals surface area contributed by atoms with Gasteiger partial charge in [-0.05, 0) is 56.5 Å². The number of imidazole rings is 1. The summed E-state index contributed by atoms with van der Waals surface area (Å²) in [6.45, 7) is 5.67. The third kappa shape index (κ3) is 3.82. The van der Waals surface area contributed by atoms with Gasteiger partial charge in [0.15, 0.2) is 0 Å². The zero-order chi connectivity index (χ0) is 21.1. The van der Waals surface area contributed by atoms with E-state index in [2.05, 4.69) is 23.7 Å². The molecular formula is C24H28N4O2. The van der Waals surface area contributed by atoms with Gasteiger partial charge < -0.3 is 14.8 Å². The zero-order valence-electron chi connectivity index (χ0n) is 17.6. The van der Waals surface area contributed by atoms with Crippen LogP contribution in [0.1, 0.15) is 49.3 Å². The molecule has 3 aromatic rings. The number of nitrogens with one attached hydrogen (secondary N) is 1. The molecule has 2 aromatic carbocycles. The number of aryl methyl sites for hydroxylation is 2. The lowest BCUT2D eigenvalue weighted by atomic mass is 10.00. The van der Waals surface area contributed by atoms with Gasteiger partial charge in [-0.1, -0.05) is 25.1 Å². The lowest BCUT2D eigenvalue weighted by Gasteiger charge is -2.34. The lowest BCUT2D eigenvalue weighted by Crippen LogP contribution is -2.50. The van der Waals surface area contributed by atoms with Crippen LogP contribution in [-0.2, 0) is 17.8 Å². The molecule has 1 atom stereocenters. The Morgan fingerprint density at radius 2 is 1.90 bits per heavy atom. The number of amides is 2. The molecule has 0 aliphatic carbocycles. The van der Waals surface area contributed by atoms with Crippen LogP contribution >= 0.6 is 0 Å². The second-order valence-corrected chi connectivity index (χ2v) is 7.69. The summed E-state index contributed by atoms with van der Waals surface area (Å²) < 4.78 is 2.20. The van der Waals surface area contributed by atoms with Crippen molar-refractivity contribution in [1.29, 1.82) is 0 Å². The predicted octanol–water partition coefficient (Wildman–Crippen LogP) is 4.25. The summed E-state index contributed by atoms with van der Waals surface area (Å²) in [6, 6.07) is 14.6. The molecule has 1 aliphatic rings. The summed E-state index contributed by atoms with van der Waals surface area (Å²) in [4.78, 5) is 32.5. The Bertz CT molecular complexity index is 1060. The van der Waals surface area contributed by atoms with Crippen LogP contribution < -0.4 is 5.32 Å². The average Bonchev–Trinajstić information content (AvgIpc) is 3.16. The van der Waals surface area contributed by atoms with Crippen molar-refractivity contribution in [3.8, 4) is 0 Å². The van der Waals surface area contributed by atoms with Crippen LogP contribution in [0.15, 0.2) is 48.5 Å². The summed E-state index contributed by atoms with van der Waals surface area (Å²) in [5.41, 5.74) is 3.29. The number of carbonyl (C=O) groups excluding carboxylic acids is 2. The van der Waals surface area contributed by atoms with E-state index in [1.165, 1.54) is 0 Å². The van der Waals surface area contributed by atoms with E-state index in [4.69, 9.17) is 4.98 Å². The third-order valence-electron chi connectivity index (χ3n) is 5.81. The van der Waals surface area contributed by atoms with Gasteiger partial charge in [0.2, 0.25) is 5.91 Å². The third-order valence-corrected chi connectivity index (χ3v) is 5.81. The molecule has 0 spiro atoms. The van der Waals surface area contributed by atoms with Gasteiger partial charge in [-0.15, -0.1) is 0 Å². The first-order chi connectivity index (χ1) is 14.6. The van der Waals surface area contributed by atoms with E-state index in [1.807, 2.05) is 36.4 Å². The minimum Gasteiger partial charge on any atom is -0.328 e. The van der Waals surface area contributed by atoms with Gasteiger partial charge in [0.25, 0.3) is 5.91 Å². The lowest BCUT2D eigenvalue weighted by molar-refractivity contribution is -0.121. The van der Waals surface area contributed by atoms with Crippen LogP contribution in [0.3, 0.4) is 0 Å². The largest absolute Gasteiger partial charge is 0.328 e. The molecule has 1 fully saturated rings. The SMILES string of the molecule is CCc1nc2cc(NC(=O)C3CCCCN3C(=O)c3ccccc3)ccc2n1CC. The molecule has 1 aromatic heterocycles. The monoisotopic (exact) mass is 404 g/mol. The Labute approximate surface area is 176 Å². The number of aromatic nitrogens is 2. The Morgan fingerprint density at radius 1 is 1.10 bits per heavy atom. The first-order valence-corrected chi connectivity index (χ1v) is 10.8. The van der Waals surface area contributed by atoms with Crippen molar-refractivity contribution in [2.75, 3.05) is 11.9 Å². The molecular weight excluding hydrogens is 376 g/mol. The van der Waals surface area contributed by atoms with E-state index in [-0.39, 0.29) is 11.8 Å². The van der Waals surface area contributed by atoms with Crippen LogP contribution in [0, 0.1) is 0 Å². The van der Waals surface area contributed by atoms with Gasteiger partial charge in [-0.2, -0.15) is 0 Å². The fourth-order valence-corrected chi connectivity index (χ4v) is 4.30. The molecule has 1 saturated heterocycles. The van der Waals surface area contributed by atoms with Gasteiger partial charge in [-0.3, -0.25) is 9.59 Å². The van der Waals surface area contributed by atoms with E-state index >= 15 is 0 Å². The number of carbonyl (C=O) groups is 2. The number of benzene rings is 2. The fraction of sp³-hybridized carbons (Fsp3) is 0.375. The standard InChI is InChI=1S/C24H28N4O2/c1-3-22-26-19-16-18(13-14-20(19)27(22)4-2)25-23(29)21-12-8-9-15-28(21)24(30)17-10-6-5-7-11-17/h5-7,10-11,13-14,16,21H,3-4,8-9,12,15H2,1-2H3,(H,25,29). The molecule has 156 valence electrons. The minimum atomic E-state index is -0.457. The molecule has 6 nitrogen and oxygen atoms in total. The van der Waals surface area contributed by atoms with Crippen molar-refractivity contribution in [1.82, 2.24) is 14.5 Å². The molecule has 0 saturated carbocycles. The van der Waals surface area contributed by atoms with Crippen molar-refractivity contribution in [3.05, 3.63) is 59.9 Å². The molecule has 0 radical (unpaired) electrons. The number of nitrogens with zero attached hydrogens (tertiary/aromatic N) is 3. The maximum Gasteiger partial charge on any atom is 0.254 e. The molecule has 0 bridgehead atoms. The molecule has 1 unspecified atom stereocenters. The normalized spacial score (nSPS) is 16.6. The molecule has 2 heterocycles. The summed E-state index contributed by atoms with van der Waals surface area (Å²) in [6.07, 6.45) is 3.40.